The van der Waals surface area contributed by atoms with E-state index in [1.54, 1.807) is 0 Å². The molecule has 0 amide bonds. The number of carbonyl (C=O) groups excluding carboxylic acids is 1. The van der Waals surface area contributed by atoms with Gasteiger partial charge in [-0.15, -0.1) is 0 Å². The van der Waals surface area contributed by atoms with Gasteiger partial charge >= 0.3 is 11.9 Å². The van der Waals surface area contributed by atoms with Crippen molar-refractivity contribution in [1.82, 2.24) is 0 Å². The zero-order valence-electron chi connectivity index (χ0n) is 27.0. The van der Waals surface area contributed by atoms with Gasteiger partial charge in [0, 0.05) is 12.8 Å². The van der Waals surface area contributed by atoms with Crippen molar-refractivity contribution in [2.75, 3.05) is 6.61 Å². The molecular formula is C36H70O4. The van der Waals surface area contributed by atoms with Crippen LogP contribution in [-0.2, 0) is 14.3 Å². The average molecular weight is 567 g/mol. The van der Waals surface area contributed by atoms with Crippen molar-refractivity contribution in [3.63, 3.8) is 0 Å². The lowest BCUT2D eigenvalue weighted by Gasteiger charge is -2.06. The molecule has 0 heterocycles. The molecule has 1 N–H and O–H groups in total. The topological polar surface area (TPSA) is 63.6 Å². The molecule has 0 spiro atoms. The number of hydrogen-bond donors (Lipinski definition) is 1. The summed E-state index contributed by atoms with van der Waals surface area (Å²) < 4.78 is 5.43. The van der Waals surface area contributed by atoms with E-state index in [0.29, 0.717) is 19.4 Å². The largest absolute Gasteiger partial charge is 0.481 e. The summed E-state index contributed by atoms with van der Waals surface area (Å²) in [5, 5.41) is 8.62. The molecule has 0 aromatic heterocycles. The normalized spacial score (nSPS) is 11.2. The summed E-state index contributed by atoms with van der Waals surface area (Å²) in [5.74, 6) is -0.666. The van der Waals surface area contributed by atoms with E-state index in [4.69, 9.17) is 9.84 Å². The molecule has 0 unspecified atom stereocenters. The lowest BCUT2D eigenvalue weighted by Crippen LogP contribution is -2.05. The number of hydrogen-bond acceptors (Lipinski definition) is 3. The van der Waals surface area contributed by atoms with Gasteiger partial charge in [-0.3, -0.25) is 9.59 Å². The Kier molecular flexibility index (Phi) is 33.2. The first-order valence-corrected chi connectivity index (χ1v) is 18.0. The Bertz CT molecular complexity index is 519. The van der Waals surface area contributed by atoms with Crippen molar-refractivity contribution >= 4 is 11.9 Å². The zero-order chi connectivity index (χ0) is 29.2. The molecule has 0 saturated heterocycles. The molecule has 0 aliphatic heterocycles. The molecule has 0 radical (unpaired) electrons. The Hall–Kier alpha value is -1.06. The maximum Gasteiger partial charge on any atom is 0.305 e. The molecule has 0 aromatic carbocycles. The minimum absolute atomic E-state index is 0.00263. The fraction of sp³-hybridized carbons (Fsp3) is 0.944. The van der Waals surface area contributed by atoms with Crippen LogP contribution in [0.25, 0.3) is 0 Å². The average Bonchev–Trinajstić information content (AvgIpc) is 2.94. The number of aliphatic carboxylic acids is 1. The third kappa shape index (κ3) is 35.0. The van der Waals surface area contributed by atoms with Crippen LogP contribution >= 0.6 is 0 Å². The van der Waals surface area contributed by atoms with Gasteiger partial charge in [0.2, 0.25) is 0 Å². The van der Waals surface area contributed by atoms with Crippen LogP contribution in [0.15, 0.2) is 0 Å². The summed E-state index contributed by atoms with van der Waals surface area (Å²) in [6.07, 6.45) is 39.7. The minimum atomic E-state index is -0.668. The van der Waals surface area contributed by atoms with Crippen LogP contribution in [0, 0.1) is 0 Å². The van der Waals surface area contributed by atoms with Gasteiger partial charge in [-0.2, -0.15) is 0 Å². The Morgan fingerprint density at radius 1 is 0.400 bits per heavy atom. The molecular weight excluding hydrogens is 496 g/mol. The second kappa shape index (κ2) is 34.1. The number of carbonyl (C=O) groups is 2. The van der Waals surface area contributed by atoms with E-state index < -0.39 is 5.97 Å². The van der Waals surface area contributed by atoms with E-state index in [0.717, 1.165) is 32.1 Å². The Balaban J connectivity index is 3.15. The Morgan fingerprint density at radius 3 is 1.00 bits per heavy atom. The van der Waals surface area contributed by atoms with Crippen molar-refractivity contribution in [1.29, 1.82) is 0 Å². The minimum Gasteiger partial charge on any atom is -0.481 e. The van der Waals surface area contributed by atoms with Gasteiger partial charge in [0.1, 0.15) is 0 Å². The summed E-state index contributed by atoms with van der Waals surface area (Å²) in [5.41, 5.74) is 0. The highest BCUT2D eigenvalue weighted by atomic mass is 16.5. The summed E-state index contributed by atoms with van der Waals surface area (Å²) in [6.45, 7) is 2.90. The van der Waals surface area contributed by atoms with Crippen molar-refractivity contribution in [3.8, 4) is 0 Å². The van der Waals surface area contributed by atoms with Crippen LogP contribution in [0.1, 0.15) is 212 Å². The van der Waals surface area contributed by atoms with Crippen molar-refractivity contribution in [3.05, 3.63) is 0 Å². The number of ether oxygens (including phenoxy) is 1. The van der Waals surface area contributed by atoms with Crippen LogP contribution < -0.4 is 0 Å². The van der Waals surface area contributed by atoms with Crippen molar-refractivity contribution in [2.24, 2.45) is 0 Å². The van der Waals surface area contributed by atoms with Gasteiger partial charge in [-0.25, -0.2) is 0 Å². The fourth-order valence-electron chi connectivity index (χ4n) is 5.58. The summed E-state index contributed by atoms with van der Waals surface area (Å²) in [7, 11) is 0. The second-order valence-corrected chi connectivity index (χ2v) is 12.4. The van der Waals surface area contributed by atoms with Crippen LogP contribution in [0.4, 0.5) is 0 Å². The molecule has 0 rings (SSSR count). The smallest absolute Gasteiger partial charge is 0.305 e. The molecule has 0 aromatic rings. The summed E-state index contributed by atoms with van der Waals surface area (Å²) in [4.78, 5) is 22.4. The third-order valence-electron chi connectivity index (χ3n) is 8.28. The predicted molar refractivity (Wildman–Crippen MR) is 172 cm³/mol. The van der Waals surface area contributed by atoms with Gasteiger partial charge < -0.3 is 9.84 Å². The summed E-state index contributed by atoms with van der Waals surface area (Å²) >= 11 is 0. The van der Waals surface area contributed by atoms with Crippen LogP contribution in [0.2, 0.25) is 0 Å². The Morgan fingerprint density at radius 2 is 0.675 bits per heavy atom. The third-order valence-corrected chi connectivity index (χ3v) is 8.28. The predicted octanol–water partition coefficient (Wildman–Crippen LogP) is 12.1. The molecule has 0 saturated carbocycles. The zero-order valence-corrected chi connectivity index (χ0v) is 27.0. The van der Waals surface area contributed by atoms with E-state index >= 15 is 0 Å². The quantitative estimate of drug-likeness (QED) is 0.0621. The first kappa shape index (κ1) is 38.9. The van der Waals surface area contributed by atoms with E-state index in [1.807, 2.05) is 0 Å². The van der Waals surface area contributed by atoms with E-state index in [2.05, 4.69) is 6.92 Å². The van der Waals surface area contributed by atoms with Crippen LogP contribution in [0.3, 0.4) is 0 Å². The maximum atomic E-state index is 11.9. The van der Waals surface area contributed by atoms with Crippen LogP contribution in [0.5, 0.6) is 0 Å². The molecule has 4 heteroatoms. The standard InChI is InChI=1S/C36H70O4/c1-2-3-4-5-6-7-8-9-10-13-16-19-22-25-28-31-34-40-36(39)33-30-27-24-21-18-15-12-11-14-17-20-23-26-29-32-35(37)38/h2-34H2,1H3,(H,37,38). The molecule has 0 aliphatic rings. The van der Waals surface area contributed by atoms with Gasteiger partial charge in [-0.1, -0.05) is 180 Å². The number of unbranched alkanes of at least 4 members (excludes halogenated alkanes) is 28. The highest BCUT2D eigenvalue weighted by Crippen LogP contribution is 2.15. The van der Waals surface area contributed by atoms with E-state index in [1.165, 1.54) is 161 Å². The SMILES string of the molecule is CCCCCCCCCCCCCCCCCCOC(=O)CCCCCCCCCCCCCCCCC(=O)O. The van der Waals surface area contributed by atoms with Crippen LogP contribution in [-0.4, -0.2) is 23.7 Å². The second-order valence-electron chi connectivity index (χ2n) is 12.4. The van der Waals surface area contributed by atoms with E-state index in [9.17, 15) is 9.59 Å². The highest BCUT2D eigenvalue weighted by molar-refractivity contribution is 5.69. The molecule has 0 atom stereocenters. The van der Waals surface area contributed by atoms with Gasteiger partial charge in [0.25, 0.3) is 0 Å². The highest BCUT2D eigenvalue weighted by Gasteiger charge is 2.03. The first-order valence-electron chi connectivity index (χ1n) is 18.0. The number of carboxylic acids is 1. The lowest BCUT2D eigenvalue weighted by molar-refractivity contribution is -0.144. The molecule has 0 fully saturated rings. The van der Waals surface area contributed by atoms with Crippen molar-refractivity contribution < 1.29 is 19.4 Å². The lowest BCUT2D eigenvalue weighted by atomic mass is 10.0. The number of esters is 1. The fourth-order valence-corrected chi connectivity index (χ4v) is 5.58. The van der Waals surface area contributed by atoms with Crippen molar-refractivity contribution in [2.45, 2.75) is 212 Å². The van der Waals surface area contributed by atoms with E-state index in [-0.39, 0.29) is 5.97 Å². The first-order chi connectivity index (χ1) is 19.7. The molecule has 0 aliphatic carbocycles. The monoisotopic (exact) mass is 567 g/mol. The Labute approximate surface area is 250 Å². The maximum absolute atomic E-state index is 11.9. The molecule has 40 heavy (non-hydrogen) atoms. The molecule has 0 bridgehead atoms. The number of carboxylic acid groups (broad SMARTS) is 1. The molecule has 4 nitrogen and oxygen atoms in total. The van der Waals surface area contributed by atoms with Gasteiger partial charge in [-0.05, 0) is 19.3 Å². The molecule has 238 valence electrons. The summed E-state index contributed by atoms with van der Waals surface area (Å²) in [6, 6.07) is 0. The van der Waals surface area contributed by atoms with Gasteiger partial charge in [0.15, 0.2) is 0 Å². The van der Waals surface area contributed by atoms with Gasteiger partial charge in [0.05, 0.1) is 6.61 Å². The number of rotatable bonds is 34.